The van der Waals surface area contributed by atoms with E-state index >= 15 is 0 Å². The van der Waals surface area contributed by atoms with Gasteiger partial charge < -0.3 is 15.8 Å². The van der Waals surface area contributed by atoms with Crippen LogP contribution in [0.3, 0.4) is 0 Å². The lowest BCUT2D eigenvalue weighted by Gasteiger charge is -2.14. The van der Waals surface area contributed by atoms with Crippen LogP contribution in [0.4, 0.5) is 11.4 Å². The van der Waals surface area contributed by atoms with E-state index in [1.165, 1.54) is 16.7 Å². The molecule has 19 heavy (non-hydrogen) atoms. The van der Waals surface area contributed by atoms with Crippen molar-refractivity contribution in [1.29, 1.82) is 0 Å². The summed E-state index contributed by atoms with van der Waals surface area (Å²) < 4.78 is 5.31. The summed E-state index contributed by atoms with van der Waals surface area (Å²) in [5.41, 5.74) is 11.2. The fourth-order valence-electron chi connectivity index (χ4n) is 2.11. The monoisotopic (exact) mass is 256 g/mol. The van der Waals surface area contributed by atoms with E-state index in [4.69, 9.17) is 10.5 Å². The molecule has 0 spiro atoms. The largest absolute Gasteiger partial charge is 0.496 e. The highest BCUT2D eigenvalue weighted by molar-refractivity contribution is 5.58. The summed E-state index contributed by atoms with van der Waals surface area (Å²) in [5.74, 6) is 0.923. The van der Waals surface area contributed by atoms with E-state index in [0.717, 1.165) is 23.7 Å². The van der Waals surface area contributed by atoms with Crippen molar-refractivity contribution in [1.82, 2.24) is 0 Å². The molecule has 0 unspecified atom stereocenters. The first kappa shape index (κ1) is 13.3. The van der Waals surface area contributed by atoms with Crippen LogP contribution in [-0.2, 0) is 6.54 Å². The molecule has 0 heterocycles. The van der Waals surface area contributed by atoms with Gasteiger partial charge in [0.05, 0.1) is 7.11 Å². The van der Waals surface area contributed by atoms with E-state index in [2.05, 4.69) is 25.2 Å². The second-order valence-electron chi connectivity index (χ2n) is 4.66. The van der Waals surface area contributed by atoms with Gasteiger partial charge in [0.15, 0.2) is 0 Å². The normalized spacial score (nSPS) is 10.3. The fourth-order valence-corrected chi connectivity index (χ4v) is 2.11. The van der Waals surface area contributed by atoms with Crippen molar-refractivity contribution in [2.75, 3.05) is 18.2 Å². The Bertz CT molecular complexity index is 579. The number of nitrogens with two attached hydrogens (primary N) is 1. The third-order valence-corrected chi connectivity index (χ3v) is 3.39. The Kier molecular flexibility index (Phi) is 3.95. The molecule has 0 aliphatic carbocycles. The molecule has 0 saturated heterocycles. The maximum absolute atomic E-state index is 5.78. The molecular formula is C16H20N2O. The van der Waals surface area contributed by atoms with Crippen molar-refractivity contribution in [2.45, 2.75) is 20.4 Å². The van der Waals surface area contributed by atoms with Gasteiger partial charge in [-0.2, -0.15) is 0 Å². The quantitative estimate of drug-likeness (QED) is 0.823. The maximum Gasteiger partial charge on any atom is 0.122 e. The third kappa shape index (κ3) is 2.99. The number of methoxy groups -OCH3 is 1. The van der Waals surface area contributed by atoms with Crippen molar-refractivity contribution in [3.63, 3.8) is 0 Å². The van der Waals surface area contributed by atoms with Crippen molar-refractivity contribution in [3.8, 4) is 5.75 Å². The number of rotatable bonds is 4. The number of ether oxygens (including phenoxy) is 1. The van der Waals surface area contributed by atoms with Crippen LogP contribution in [0.5, 0.6) is 5.75 Å². The summed E-state index contributed by atoms with van der Waals surface area (Å²) >= 11 is 0. The maximum atomic E-state index is 5.78. The molecule has 0 amide bonds. The minimum atomic E-state index is 0.762. The zero-order valence-electron chi connectivity index (χ0n) is 11.7. The van der Waals surface area contributed by atoms with E-state index < -0.39 is 0 Å². The van der Waals surface area contributed by atoms with Gasteiger partial charge in [-0.25, -0.2) is 0 Å². The molecule has 0 bridgehead atoms. The minimum absolute atomic E-state index is 0.762. The van der Waals surface area contributed by atoms with E-state index in [-0.39, 0.29) is 0 Å². The number of hydrogen-bond donors (Lipinski definition) is 2. The Morgan fingerprint density at radius 1 is 1.11 bits per heavy atom. The number of nitrogen functional groups attached to an aromatic ring is 1. The van der Waals surface area contributed by atoms with Crippen LogP contribution >= 0.6 is 0 Å². The molecule has 3 heteroatoms. The predicted molar refractivity (Wildman–Crippen MR) is 80.6 cm³/mol. The van der Waals surface area contributed by atoms with Crippen molar-refractivity contribution >= 4 is 11.4 Å². The lowest BCUT2D eigenvalue weighted by atomic mass is 10.1. The van der Waals surface area contributed by atoms with Gasteiger partial charge in [0.1, 0.15) is 5.75 Å². The van der Waals surface area contributed by atoms with Gasteiger partial charge in [0.25, 0.3) is 0 Å². The van der Waals surface area contributed by atoms with Crippen molar-refractivity contribution in [3.05, 3.63) is 53.1 Å². The highest BCUT2D eigenvalue weighted by Crippen LogP contribution is 2.27. The number of nitrogens with one attached hydrogen (secondary N) is 1. The van der Waals surface area contributed by atoms with E-state index in [1.807, 2.05) is 30.3 Å². The van der Waals surface area contributed by atoms with Gasteiger partial charge >= 0.3 is 0 Å². The van der Waals surface area contributed by atoms with Gasteiger partial charge in [-0.3, -0.25) is 0 Å². The zero-order valence-corrected chi connectivity index (χ0v) is 11.7. The number of anilines is 2. The van der Waals surface area contributed by atoms with Crippen LogP contribution in [0, 0.1) is 13.8 Å². The highest BCUT2D eigenvalue weighted by Gasteiger charge is 2.06. The van der Waals surface area contributed by atoms with E-state index in [0.29, 0.717) is 0 Å². The predicted octanol–water partition coefficient (Wildman–Crippen LogP) is 3.51. The topological polar surface area (TPSA) is 47.3 Å². The Labute approximate surface area is 114 Å². The zero-order chi connectivity index (χ0) is 13.8. The second kappa shape index (κ2) is 5.65. The van der Waals surface area contributed by atoms with Crippen LogP contribution in [0.1, 0.15) is 16.7 Å². The number of benzene rings is 2. The van der Waals surface area contributed by atoms with Crippen LogP contribution < -0.4 is 15.8 Å². The van der Waals surface area contributed by atoms with Gasteiger partial charge in [0.2, 0.25) is 0 Å². The van der Waals surface area contributed by atoms with Crippen LogP contribution in [-0.4, -0.2) is 7.11 Å². The smallest absolute Gasteiger partial charge is 0.122 e. The molecule has 3 nitrogen and oxygen atoms in total. The summed E-state index contributed by atoms with van der Waals surface area (Å²) in [6.07, 6.45) is 0. The lowest BCUT2D eigenvalue weighted by molar-refractivity contribution is 0.411. The first-order valence-corrected chi connectivity index (χ1v) is 6.34. The molecule has 0 aliphatic heterocycles. The molecule has 0 atom stereocenters. The van der Waals surface area contributed by atoms with Crippen molar-refractivity contribution < 1.29 is 4.74 Å². The van der Waals surface area contributed by atoms with Gasteiger partial charge in [-0.05, 0) is 54.8 Å². The minimum Gasteiger partial charge on any atom is -0.496 e. The Balaban J connectivity index is 2.14. The summed E-state index contributed by atoms with van der Waals surface area (Å²) in [7, 11) is 1.70. The summed E-state index contributed by atoms with van der Waals surface area (Å²) in [6, 6.07) is 12.0. The average Bonchev–Trinajstić information content (AvgIpc) is 2.41. The molecule has 2 aromatic rings. The standard InChI is InChI=1S/C16H20N2O/c1-11-12(2)16(19-3)8-7-15(11)18-10-13-5-4-6-14(17)9-13/h4-9,18H,10,17H2,1-3H3. The lowest BCUT2D eigenvalue weighted by Crippen LogP contribution is -2.03. The fraction of sp³-hybridized carbons (Fsp3) is 0.250. The Morgan fingerprint density at radius 2 is 1.89 bits per heavy atom. The molecule has 0 aromatic heterocycles. The molecule has 100 valence electrons. The first-order valence-electron chi connectivity index (χ1n) is 6.34. The van der Waals surface area contributed by atoms with Crippen LogP contribution in [0.25, 0.3) is 0 Å². The molecule has 3 N–H and O–H groups in total. The molecule has 0 aliphatic rings. The van der Waals surface area contributed by atoms with Crippen LogP contribution in [0.2, 0.25) is 0 Å². The van der Waals surface area contributed by atoms with Crippen molar-refractivity contribution in [2.24, 2.45) is 0 Å². The Hall–Kier alpha value is -2.16. The van der Waals surface area contributed by atoms with E-state index in [9.17, 15) is 0 Å². The summed E-state index contributed by atoms with van der Waals surface area (Å²) in [4.78, 5) is 0. The molecule has 2 aromatic carbocycles. The van der Waals surface area contributed by atoms with Crippen LogP contribution in [0.15, 0.2) is 36.4 Å². The van der Waals surface area contributed by atoms with E-state index in [1.54, 1.807) is 7.11 Å². The molecule has 0 saturated carbocycles. The molecule has 0 radical (unpaired) electrons. The van der Waals surface area contributed by atoms with Gasteiger partial charge in [-0.1, -0.05) is 12.1 Å². The SMILES string of the molecule is COc1ccc(NCc2cccc(N)c2)c(C)c1C. The summed E-state index contributed by atoms with van der Waals surface area (Å²) in [6.45, 7) is 4.93. The molecule has 0 fully saturated rings. The first-order chi connectivity index (χ1) is 9.11. The second-order valence-corrected chi connectivity index (χ2v) is 4.66. The highest BCUT2D eigenvalue weighted by atomic mass is 16.5. The summed E-state index contributed by atoms with van der Waals surface area (Å²) in [5, 5.41) is 3.44. The average molecular weight is 256 g/mol. The third-order valence-electron chi connectivity index (χ3n) is 3.39. The number of hydrogen-bond acceptors (Lipinski definition) is 3. The molecular weight excluding hydrogens is 236 g/mol. The van der Waals surface area contributed by atoms with Gasteiger partial charge in [0, 0.05) is 17.9 Å². The Morgan fingerprint density at radius 3 is 2.58 bits per heavy atom. The molecule has 2 rings (SSSR count). The van der Waals surface area contributed by atoms with Gasteiger partial charge in [-0.15, -0.1) is 0 Å².